The van der Waals surface area contributed by atoms with Gasteiger partial charge in [0.1, 0.15) is 12.4 Å². The van der Waals surface area contributed by atoms with Crippen molar-refractivity contribution in [2.24, 2.45) is 5.92 Å². The van der Waals surface area contributed by atoms with Crippen molar-refractivity contribution in [2.45, 2.75) is 57.2 Å². The van der Waals surface area contributed by atoms with Crippen LogP contribution in [-0.4, -0.2) is 54.4 Å². The number of amides is 3. The smallest absolute Gasteiger partial charge is 0.251 e. The van der Waals surface area contributed by atoms with E-state index in [1.54, 1.807) is 4.90 Å². The third kappa shape index (κ3) is 7.13. The third-order valence-corrected chi connectivity index (χ3v) is 7.00. The highest BCUT2D eigenvalue weighted by Gasteiger charge is 2.33. The van der Waals surface area contributed by atoms with Crippen molar-refractivity contribution in [2.75, 3.05) is 19.7 Å². The number of hydrogen-bond acceptors (Lipinski definition) is 4. The van der Waals surface area contributed by atoms with Crippen molar-refractivity contribution in [1.82, 2.24) is 15.5 Å². The summed E-state index contributed by atoms with van der Waals surface area (Å²) in [5, 5.41) is 6.17. The van der Waals surface area contributed by atoms with E-state index >= 15 is 0 Å². The van der Waals surface area contributed by atoms with E-state index in [-0.39, 0.29) is 42.3 Å². The Morgan fingerprint density at radius 1 is 0.889 bits per heavy atom. The van der Waals surface area contributed by atoms with E-state index in [1.165, 1.54) is 24.3 Å². The summed E-state index contributed by atoms with van der Waals surface area (Å²) in [6, 6.07) is 14.8. The number of piperidine rings is 1. The maximum Gasteiger partial charge on any atom is 0.251 e. The zero-order valence-electron chi connectivity index (χ0n) is 20.5. The number of hydrogen-bond donors (Lipinski definition) is 2. The Bertz CT molecular complexity index is 1030. The zero-order chi connectivity index (χ0) is 25.3. The Balaban J connectivity index is 1.27. The maximum atomic E-state index is 13.2. The minimum atomic E-state index is -0.392. The van der Waals surface area contributed by atoms with Gasteiger partial charge in [0.25, 0.3) is 5.91 Å². The normalized spacial score (nSPS) is 22.0. The number of rotatable bonds is 8. The molecule has 1 saturated heterocycles. The van der Waals surface area contributed by atoms with Gasteiger partial charge in [-0.3, -0.25) is 14.4 Å². The number of likely N-dealkylation sites (tertiary alicyclic amines) is 1. The summed E-state index contributed by atoms with van der Waals surface area (Å²) < 4.78 is 18.8. The number of benzene rings is 2. The molecule has 2 aliphatic rings. The lowest BCUT2D eigenvalue weighted by atomic mass is 9.88. The number of halogens is 1. The molecular formula is C28H34FN3O4. The molecule has 0 unspecified atom stereocenters. The largest absolute Gasteiger partial charge is 0.367 e. The molecule has 0 bridgehead atoms. The first-order valence-electron chi connectivity index (χ1n) is 12.8. The molecule has 2 fully saturated rings. The Labute approximate surface area is 211 Å². The van der Waals surface area contributed by atoms with Crippen molar-refractivity contribution >= 4 is 17.7 Å². The van der Waals surface area contributed by atoms with E-state index in [0.29, 0.717) is 25.3 Å². The lowest BCUT2D eigenvalue weighted by Crippen LogP contribution is -2.55. The van der Waals surface area contributed by atoms with E-state index in [2.05, 4.69) is 10.6 Å². The summed E-state index contributed by atoms with van der Waals surface area (Å²) in [4.78, 5) is 40.2. The molecule has 0 radical (unpaired) electrons. The Morgan fingerprint density at radius 3 is 2.31 bits per heavy atom. The summed E-state index contributed by atoms with van der Waals surface area (Å²) in [7, 11) is 0. The van der Waals surface area contributed by atoms with Gasteiger partial charge in [0, 0.05) is 30.7 Å². The van der Waals surface area contributed by atoms with Crippen LogP contribution < -0.4 is 10.6 Å². The average Bonchev–Trinajstić information content (AvgIpc) is 2.90. The number of nitrogens with one attached hydrogen (secondary N) is 2. The molecule has 3 atom stereocenters. The van der Waals surface area contributed by atoms with Gasteiger partial charge in [0.15, 0.2) is 0 Å². The second-order valence-corrected chi connectivity index (χ2v) is 9.64. The molecule has 0 aromatic heterocycles. The van der Waals surface area contributed by atoms with Crippen LogP contribution in [0.15, 0.2) is 54.6 Å². The standard InChI is InChI=1S/C28H34FN3O4/c29-23-14-12-21(13-15-23)27(34)30-24-10-4-5-11-25(24)31-28(35)22-9-6-16-32(17-22)26(33)19-36-18-20-7-2-1-3-8-20/h1-3,7-8,12-15,22,24-25H,4-6,9-11,16-19H2,(H,30,34)(H,31,35)/t22-,24+,25+/m0/s1. The van der Waals surface area contributed by atoms with Gasteiger partial charge in [0.05, 0.1) is 12.5 Å². The molecule has 2 aromatic carbocycles. The predicted molar refractivity (Wildman–Crippen MR) is 133 cm³/mol. The number of ether oxygens (including phenoxy) is 1. The van der Waals surface area contributed by atoms with E-state index in [4.69, 9.17) is 4.74 Å². The van der Waals surface area contributed by atoms with Gasteiger partial charge in [-0.1, -0.05) is 43.2 Å². The molecule has 36 heavy (non-hydrogen) atoms. The van der Waals surface area contributed by atoms with Crippen LogP contribution in [0.3, 0.4) is 0 Å². The SMILES string of the molecule is O=C(N[C@@H]1CCCC[C@H]1NC(=O)[C@H]1CCCN(C(=O)COCc2ccccc2)C1)c1ccc(F)cc1. The fourth-order valence-electron chi connectivity index (χ4n) is 4.97. The molecule has 192 valence electrons. The van der Waals surface area contributed by atoms with Gasteiger partial charge in [-0.25, -0.2) is 4.39 Å². The van der Waals surface area contributed by atoms with Crippen LogP contribution in [0.2, 0.25) is 0 Å². The predicted octanol–water partition coefficient (Wildman–Crippen LogP) is 3.44. The van der Waals surface area contributed by atoms with Crippen LogP contribution in [0, 0.1) is 11.7 Å². The summed E-state index contributed by atoms with van der Waals surface area (Å²) >= 11 is 0. The molecular weight excluding hydrogens is 461 g/mol. The molecule has 1 aliphatic heterocycles. The quantitative estimate of drug-likeness (QED) is 0.587. The maximum absolute atomic E-state index is 13.2. The number of carbonyl (C=O) groups excluding carboxylic acids is 3. The van der Waals surface area contributed by atoms with E-state index < -0.39 is 5.82 Å². The fraction of sp³-hybridized carbons (Fsp3) is 0.464. The molecule has 8 heteroatoms. The number of carbonyl (C=O) groups is 3. The highest BCUT2D eigenvalue weighted by atomic mass is 19.1. The zero-order valence-corrected chi connectivity index (χ0v) is 20.5. The first-order valence-corrected chi connectivity index (χ1v) is 12.8. The second-order valence-electron chi connectivity index (χ2n) is 9.64. The fourth-order valence-corrected chi connectivity index (χ4v) is 4.97. The highest BCUT2D eigenvalue weighted by Crippen LogP contribution is 2.22. The van der Waals surface area contributed by atoms with Gasteiger partial charge in [-0.05, 0) is 55.5 Å². The molecule has 2 aromatic rings. The number of nitrogens with zero attached hydrogens (tertiary/aromatic N) is 1. The van der Waals surface area contributed by atoms with Gasteiger partial charge >= 0.3 is 0 Å². The van der Waals surface area contributed by atoms with Crippen LogP contribution in [-0.2, 0) is 20.9 Å². The topological polar surface area (TPSA) is 87.7 Å². The molecule has 1 heterocycles. The third-order valence-electron chi connectivity index (χ3n) is 7.00. The van der Waals surface area contributed by atoms with Crippen molar-refractivity contribution in [3.05, 3.63) is 71.5 Å². The second kappa shape index (κ2) is 12.6. The van der Waals surface area contributed by atoms with Crippen LogP contribution in [0.25, 0.3) is 0 Å². The lowest BCUT2D eigenvalue weighted by Gasteiger charge is -2.36. The van der Waals surface area contributed by atoms with Crippen LogP contribution in [0.5, 0.6) is 0 Å². The summed E-state index contributed by atoms with van der Waals surface area (Å²) in [5.74, 6) is -1.13. The van der Waals surface area contributed by atoms with Crippen LogP contribution in [0.4, 0.5) is 4.39 Å². The van der Waals surface area contributed by atoms with Crippen molar-refractivity contribution < 1.29 is 23.5 Å². The summed E-state index contributed by atoms with van der Waals surface area (Å²) in [6.07, 6.45) is 4.98. The molecule has 0 spiro atoms. The molecule has 1 saturated carbocycles. The Morgan fingerprint density at radius 2 is 1.58 bits per heavy atom. The van der Waals surface area contributed by atoms with Gasteiger partial charge in [0.2, 0.25) is 11.8 Å². The summed E-state index contributed by atoms with van der Waals surface area (Å²) in [6.45, 7) is 1.36. The van der Waals surface area contributed by atoms with E-state index in [9.17, 15) is 18.8 Å². The van der Waals surface area contributed by atoms with Crippen LogP contribution >= 0.6 is 0 Å². The van der Waals surface area contributed by atoms with Gasteiger partial charge < -0.3 is 20.3 Å². The minimum Gasteiger partial charge on any atom is -0.367 e. The molecule has 4 rings (SSSR count). The molecule has 1 aliphatic carbocycles. The Hall–Kier alpha value is -3.26. The Kier molecular flexibility index (Phi) is 9.06. The first-order chi connectivity index (χ1) is 17.5. The molecule has 3 amide bonds. The lowest BCUT2D eigenvalue weighted by molar-refractivity contribution is -0.140. The van der Waals surface area contributed by atoms with Crippen molar-refractivity contribution in [3.63, 3.8) is 0 Å². The monoisotopic (exact) mass is 495 g/mol. The average molecular weight is 496 g/mol. The van der Waals surface area contributed by atoms with Gasteiger partial charge in [-0.15, -0.1) is 0 Å². The van der Waals surface area contributed by atoms with Crippen LogP contribution in [0.1, 0.15) is 54.4 Å². The van der Waals surface area contributed by atoms with Gasteiger partial charge in [-0.2, -0.15) is 0 Å². The van der Waals surface area contributed by atoms with E-state index in [1.807, 2.05) is 30.3 Å². The molecule has 2 N–H and O–H groups in total. The first kappa shape index (κ1) is 25.8. The summed E-state index contributed by atoms with van der Waals surface area (Å²) in [5.41, 5.74) is 1.40. The minimum absolute atomic E-state index is 0.0106. The van der Waals surface area contributed by atoms with Crippen molar-refractivity contribution in [1.29, 1.82) is 0 Å². The highest BCUT2D eigenvalue weighted by molar-refractivity contribution is 5.94. The molecule has 7 nitrogen and oxygen atoms in total. The van der Waals surface area contributed by atoms with E-state index in [0.717, 1.165) is 44.1 Å². The van der Waals surface area contributed by atoms with Crippen molar-refractivity contribution in [3.8, 4) is 0 Å².